The van der Waals surface area contributed by atoms with Crippen molar-refractivity contribution in [2.24, 2.45) is 45.3 Å². The molecular formula is C42H72O12. The highest BCUT2D eigenvalue weighted by molar-refractivity contribution is 5.21. The Morgan fingerprint density at radius 3 is 2.13 bits per heavy atom. The molecule has 8 N–H and O–H groups in total. The van der Waals surface area contributed by atoms with Gasteiger partial charge in [0.2, 0.25) is 0 Å². The molecule has 4 saturated carbocycles. The number of hydrogen-bond acceptors (Lipinski definition) is 12. The summed E-state index contributed by atoms with van der Waals surface area (Å²) in [6.07, 6.45) is -5.02. The van der Waals surface area contributed by atoms with Crippen molar-refractivity contribution < 1.29 is 59.8 Å². The van der Waals surface area contributed by atoms with Gasteiger partial charge in [0.1, 0.15) is 42.7 Å². The minimum absolute atomic E-state index is 0.0643. The predicted molar refractivity (Wildman–Crippen MR) is 200 cm³/mol. The summed E-state index contributed by atoms with van der Waals surface area (Å²) in [4.78, 5) is 0. The van der Waals surface area contributed by atoms with E-state index in [0.717, 1.165) is 44.9 Å². The smallest absolute Gasteiger partial charge is 0.187 e. The highest BCUT2D eigenvalue weighted by atomic mass is 16.8. The molecule has 12 nitrogen and oxygen atoms in total. The minimum Gasteiger partial charge on any atom is -0.394 e. The molecule has 0 aromatic carbocycles. The average Bonchev–Trinajstić information content (AvgIpc) is 3.47. The van der Waals surface area contributed by atoms with Crippen LogP contribution in [0.5, 0.6) is 0 Å². The van der Waals surface area contributed by atoms with Crippen LogP contribution in [-0.2, 0) is 18.9 Å². The Hall–Kier alpha value is -0.740. The SMILES string of the molecule is CC(C)=CCC[C@](C)(O)[C@@H]1CC[C@]2(C)[C@H]1CC[C@@H]1[C@]3(C)CC[C@@H](O[C@@H]4O[C@H](CO)[C@H](O)[C@H](O)[C@H]4O[C@H]4O[C@H](C)[C@H](O)[C@@H](O)[C@@H]4O)C(C)(C)[C@@H]3C[C@@H](O)[C@]12C. The van der Waals surface area contributed by atoms with Gasteiger partial charge in [-0.1, -0.05) is 46.3 Å². The summed E-state index contributed by atoms with van der Waals surface area (Å²) in [5.74, 6) is 0.821. The Kier molecular flexibility index (Phi) is 12.0. The molecule has 12 heteroatoms. The zero-order valence-corrected chi connectivity index (χ0v) is 34.1. The third-order valence-electron chi connectivity index (χ3n) is 16.6. The summed E-state index contributed by atoms with van der Waals surface area (Å²) in [6, 6.07) is 0. The van der Waals surface area contributed by atoms with E-state index in [4.69, 9.17) is 18.9 Å². The van der Waals surface area contributed by atoms with Gasteiger partial charge in [-0.2, -0.15) is 0 Å². The van der Waals surface area contributed by atoms with Crippen molar-refractivity contribution in [3.63, 3.8) is 0 Å². The van der Waals surface area contributed by atoms with Crippen LogP contribution in [0.4, 0.5) is 0 Å². The molecule has 0 amide bonds. The van der Waals surface area contributed by atoms with Gasteiger partial charge >= 0.3 is 0 Å². The molecule has 0 bridgehead atoms. The van der Waals surface area contributed by atoms with Gasteiger partial charge in [-0.3, -0.25) is 0 Å². The van der Waals surface area contributed by atoms with E-state index < -0.39 is 91.2 Å². The molecule has 4 aliphatic carbocycles. The lowest BCUT2D eigenvalue weighted by Gasteiger charge is -2.71. The van der Waals surface area contributed by atoms with Gasteiger partial charge in [-0.05, 0) is 125 Å². The van der Waals surface area contributed by atoms with E-state index in [9.17, 15) is 40.9 Å². The second kappa shape index (κ2) is 15.1. The Balaban J connectivity index is 1.23. The molecule has 6 fully saturated rings. The number of aliphatic hydroxyl groups excluding tert-OH is 7. The summed E-state index contributed by atoms with van der Waals surface area (Å²) in [6.45, 7) is 18.6. The fraction of sp³-hybridized carbons (Fsp3) is 0.952. The zero-order chi connectivity index (χ0) is 39.9. The first-order chi connectivity index (χ1) is 25.1. The van der Waals surface area contributed by atoms with Gasteiger partial charge in [0.05, 0.1) is 30.5 Å². The van der Waals surface area contributed by atoms with Gasteiger partial charge in [0.15, 0.2) is 12.6 Å². The van der Waals surface area contributed by atoms with E-state index in [0.29, 0.717) is 18.8 Å². The number of allylic oxidation sites excluding steroid dienone is 2. The standard InChI is InChI=1S/C42H72O12/c1-21(2)11-10-16-41(8,50)24-14-18-40(7)23(24)12-13-26-39(6)17-15-29(38(4,5)27(39)19-28(44)42(26,40)9)53-37-35(33(48)31(46)25(20-43)52-37)54-36-34(49)32(47)30(45)22(3)51-36/h11,22-37,43-50H,10,12-20H2,1-9H3/t22-,23+,24-,25-,26-,27+,28-,29-,30+,31+,32-,33+,34+,35-,36-,37+,39+,40-,41+,42+/m1/s1. The van der Waals surface area contributed by atoms with E-state index in [2.05, 4.69) is 54.5 Å². The van der Waals surface area contributed by atoms with Crippen molar-refractivity contribution in [2.75, 3.05) is 6.61 Å². The predicted octanol–water partition coefficient (Wildman–Crippen LogP) is 3.18. The van der Waals surface area contributed by atoms with E-state index >= 15 is 0 Å². The topological polar surface area (TPSA) is 199 Å². The van der Waals surface area contributed by atoms with Crippen molar-refractivity contribution >= 4 is 0 Å². The van der Waals surface area contributed by atoms with Crippen molar-refractivity contribution in [1.82, 2.24) is 0 Å². The monoisotopic (exact) mass is 769 g/mol. The van der Waals surface area contributed by atoms with Crippen LogP contribution in [0.2, 0.25) is 0 Å². The largest absolute Gasteiger partial charge is 0.394 e. The number of ether oxygens (including phenoxy) is 4. The van der Waals surface area contributed by atoms with E-state index in [-0.39, 0.29) is 34.0 Å². The zero-order valence-electron chi connectivity index (χ0n) is 34.1. The first-order valence-electron chi connectivity index (χ1n) is 20.7. The second-order valence-corrected chi connectivity index (χ2v) is 20.0. The summed E-state index contributed by atoms with van der Waals surface area (Å²) in [7, 11) is 0. The molecular weight excluding hydrogens is 696 g/mol. The van der Waals surface area contributed by atoms with Gasteiger partial charge < -0.3 is 59.8 Å². The highest BCUT2D eigenvalue weighted by Gasteiger charge is 2.72. The summed E-state index contributed by atoms with van der Waals surface area (Å²) < 4.78 is 24.5. The number of fused-ring (bicyclic) bond motifs is 5. The van der Waals surface area contributed by atoms with Crippen molar-refractivity contribution in [2.45, 2.75) is 199 Å². The molecule has 54 heavy (non-hydrogen) atoms. The van der Waals surface area contributed by atoms with E-state index in [1.165, 1.54) is 12.5 Å². The Labute approximate surface area is 322 Å². The lowest BCUT2D eigenvalue weighted by molar-refractivity contribution is -0.377. The molecule has 0 unspecified atom stereocenters. The van der Waals surface area contributed by atoms with Crippen molar-refractivity contribution in [3.8, 4) is 0 Å². The van der Waals surface area contributed by atoms with Gasteiger partial charge in [-0.15, -0.1) is 0 Å². The molecule has 6 rings (SSSR count). The maximum Gasteiger partial charge on any atom is 0.187 e. The Morgan fingerprint density at radius 1 is 0.796 bits per heavy atom. The summed E-state index contributed by atoms with van der Waals surface area (Å²) in [5.41, 5.74) is -0.583. The molecule has 2 heterocycles. The summed E-state index contributed by atoms with van der Waals surface area (Å²) >= 11 is 0. The van der Waals surface area contributed by atoms with Crippen LogP contribution in [0.25, 0.3) is 0 Å². The van der Waals surface area contributed by atoms with Crippen LogP contribution in [0.1, 0.15) is 120 Å². The lowest BCUT2D eigenvalue weighted by Crippen LogP contribution is -2.69. The molecule has 0 spiro atoms. The maximum absolute atomic E-state index is 12.5. The number of rotatable bonds is 9. The van der Waals surface area contributed by atoms with E-state index in [1.807, 2.05) is 6.92 Å². The molecule has 312 valence electrons. The maximum atomic E-state index is 12.5. The molecule has 6 aliphatic rings. The average molecular weight is 769 g/mol. The van der Waals surface area contributed by atoms with Crippen LogP contribution in [0.3, 0.4) is 0 Å². The molecule has 0 aromatic rings. The first kappa shape index (κ1) is 42.9. The molecule has 2 aliphatic heterocycles. The van der Waals surface area contributed by atoms with Crippen LogP contribution < -0.4 is 0 Å². The number of hydrogen-bond donors (Lipinski definition) is 8. The Bertz CT molecular complexity index is 1350. The van der Waals surface area contributed by atoms with Crippen LogP contribution >= 0.6 is 0 Å². The fourth-order valence-corrected chi connectivity index (χ4v) is 13.2. The summed E-state index contributed by atoms with van der Waals surface area (Å²) in [5, 5.41) is 87.9. The third kappa shape index (κ3) is 6.77. The minimum atomic E-state index is -1.65. The van der Waals surface area contributed by atoms with Crippen molar-refractivity contribution in [1.29, 1.82) is 0 Å². The van der Waals surface area contributed by atoms with Crippen LogP contribution in [-0.4, -0.2) is 127 Å². The highest BCUT2D eigenvalue weighted by Crippen LogP contribution is 2.76. The van der Waals surface area contributed by atoms with Crippen LogP contribution in [0.15, 0.2) is 11.6 Å². The number of aliphatic hydroxyl groups is 8. The molecule has 0 radical (unpaired) electrons. The third-order valence-corrected chi connectivity index (χ3v) is 16.6. The molecule has 2 saturated heterocycles. The lowest BCUT2D eigenvalue weighted by atomic mass is 9.34. The fourth-order valence-electron chi connectivity index (χ4n) is 13.2. The normalized spacial score (nSPS) is 52.8. The van der Waals surface area contributed by atoms with Crippen molar-refractivity contribution in [3.05, 3.63) is 11.6 Å². The van der Waals surface area contributed by atoms with E-state index in [1.54, 1.807) is 0 Å². The van der Waals surface area contributed by atoms with Gasteiger partial charge in [0.25, 0.3) is 0 Å². The first-order valence-corrected chi connectivity index (χ1v) is 20.7. The second-order valence-electron chi connectivity index (χ2n) is 20.0. The Morgan fingerprint density at radius 2 is 1.48 bits per heavy atom. The van der Waals surface area contributed by atoms with Gasteiger partial charge in [-0.25, -0.2) is 0 Å². The molecule has 0 aromatic heterocycles. The quantitative estimate of drug-likeness (QED) is 0.126. The molecule has 20 atom stereocenters. The van der Waals surface area contributed by atoms with Crippen LogP contribution in [0, 0.1) is 45.3 Å². The van der Waals surface area contributed by atoms with Gasteiger partial charge in [0, 0.05) is 5.41 Å².